The first kappa shape index (κ1) is 13.8. The zero-order valence-corrected chi connectivity index (χ0v) is 12.4. The predicted molar refractivity (Wildman–Crippen MR) is 77.7 cm³/mol. The third kappa shape index (κ3) is 2.86. The molecule has 2 unspecified atom stereocenters. The fourth-order valence-electron chi connectivity index (χ4n) is 2.95. The van der Waals surface area contributed by atoms with Gasteiger partial charge in [0.1, 0.15) is 0 Å². The molecule has 2 nitrogen and oxygen atoms in total. The van der Waals surface area contributed by atoms with Gasteiger partial charge in [-0.3, -0.25) is 0 Å². The van der Waals surface area contributed by atoms with Crippen LogP contribution in [0, 0.1) is 11.3 Å². The second kappa shape index (κ2) is 4.82. The molecule has 1 aromatic carbocycles. The number of halogens is 2. The SMILES string of the molecule is CC1CC(C)(C)CC1Nc1cc(Cl)c(O)c(Cl)c1. The molecule has 0 spiro atoms. The van der Waals surface area contributed by atoms with Crippen molar-refractivity contribution in [1.29, 1.82) is 0 Å². The van der Waals surface area contributed by atoms with Gasteiger partial charge in [0.05, 0.1) is 10.0 Å². The van der Waals surface area contributed by atoms with Gasteiger partial charge in [0.2, 0.25) is 0 Å². The number of hydrogen-bond acceptors (Lipinski definition) is 2. The third-order valence-electron chi connectivity index (χ3n) is 3.70. The first-order chi connectivity index (χ1) is 8.28. The summed E-state index contributed by atoms with van der Waals surface area (Å²) in [5.41, 5.74) is 1.25. The molecule has 18 heavy (non-hydrogen) atoms. The molecule has 0 aliphatic heterocycles. The molecule has 0 heterocycles. The van der Waals surface area contributed by atoms with Crippen molar-refractivity contribution in [3.8, 4) is 5.75 Å². The summed E-state index contributed by atoms with van der Waals surface area (Å²) in [5, 5.41) is 13.6. The highest BCUT2D eigenvalue weighted by atomic mass is 35.5. The Hall–Kier alpha value is -0.600. The van der Waals surface area contributed by atoms with E-state index in [0.29, 0.717) is 17.4 Å². The molecule has 1 saturated carbocycles. The van der Waals surface area contributed by atoms with Crippen LogP contribution in [0.25, 0.3) is 0 Å². The van der Waals surface area contributed by atoms with Crippen molar-refractivity contribution >= 4 is 28.9 Å². The minimum atomic E-state index is -0.0521. The first-order valence-corrected chi connectivity index (χ1v) is 6.99. The molecule has 2 atom stereocenters. The number of rotatable bonds is 2. The lowest BCUT2D eigenvalue weighted by molar-refractivity contribution is 0.366. The number of aromatic hydroxyl groups is 1. The van der Waals surface area contributed by atoms with E-state index in [1.807, 2.05) is 0 Å². The van der Waals surface area contributed by atoms with Gasteiger partial charge >= 0.3 is 0 Å². The van der Waals surface area contributed by atoms with Crippen LogP contribution in [0.1, 0.15) is 33.6 Å². The van der Waals surface area contributed by atoms with Gasteiger partial charge in [0, 0.05) is 11.7 Å². The van der Waals surface area contributed by atoms with Crippen molar-refractivity contribution in [2.45, 2.75) is 39.7 Å². The van der Waals surface area contributed by atoms with Gasteiger partial charge in [-0.2, -0.15) is 0 Å². The molecule has 1 aromatic rings. The Kier molecular flexibility index (Phi) is 3.70. The van der Waals surface area contributed by atoms with E-state index in [1.165, 1.54) is 6.42 Å². The first-order valence-electron chi connectivity index (χ1n) is 6.23. The van der Waals surface area contributed by atoms with Crippen molar-refractivity contribution in [1.82, 2.24) is 0 Å². The van der Waals surface area contributed by atoms with Crippen molar-refractivity contribution in [2.24, 2.45) is 11.3 Å². The van der Waals surface area contributed by atoms with Crippen LogP contribution in [0.3, 0.4) is 0 Å². The van der Waals surface area contributed by atoms with E-state index < -0.39 is 0 Å². The Morgan fingerprint density at radius 3 is 2.22 bits per heavy atom. The van der Waals surface area contributed by atoms with Crippen LogP contribution in [0.15, 0.2) is 12.1 Å². The maximum absolute atomic E-state index is 9.54. The quantitative estimate of drug-likeness (QED) is 0.756. The minimum Gasteiger partial charge on any atom is -0.505 e. The summed E-state index contributed by atoms with van der Waals surface area (Å²) < 4.78 is 0. The average Bonchev–Trinajstić information content (AvgIpc) is 2.48. The number of anilines is 1. The summed E-state index contributed by atoms with van der Waals surface area (Å²) in [7, 11) is 0. The number of phenolic OH excluding ortho intramolecular Hbond substituents is 1. The van der Waals surface area contributed by atoms with Crippen molar-refractivity contribution in [3.63, 3.8) is 0 Å². The molecule has 4 heteroatoms. The van der Waals surface area contributed by atoms with Crippen LogP contribution in [-0.2, 0) is 0 Å². The maximum Gasteiger partial charge on any atom is 0.152 e. The summed E-state index contributed by atoms with van der Waals surface area (Å²) in [6, 6.07) is 3.87. The Morgan fingerprint density at radius 2 is 1.78 bits per heavy atom. The van der Waals surface area contributed by atoms with Gasteiger partial charge in [-0.05, 0) is 36.3 Å². The monoisotopic (exact) mass is 287 g/mol. The van der Waals surface area contributed by atoms with Crippen LogP contribution < -0.4 is 5.32 Å². The molecule has 100 valence electrons. The summed E-state index contributed by atoms with van der Waals surface area (Å²) in [6.07, 6.45) is 2.34. The normalized spacial score (nSPS) is 26.3. The van der Waals surface area contributed by atoms with Gasteiger partial charge in [0.15, 0.2) is 5.75 Å². The van der Waals surface area contributed by atoms with Crippen LogP contribution in [0.2, 0.25) is 10.0 Å². The second-order valence-corrected chi connectivity index (χ2v) is 6.90. The third-order valence-corrected chi connectivity index (χ3v) is 4.28. The summed E-state index contributed by atoms with van der Waals surface area (Å²) >= 11 is 11.8. The molecule has 0 saturated heterocycles. The Morgan fingerprint density at radius 1 is 1.22 bits per heavy atom. The lowest BCUT2D eigenvalue weighted by Crippen LogP contribution is -2.22. The smallest absolute Gasteiger partial charge is 0.152 e. The Bertz CT molecular complexity index is 436. The van der Waals surface area contributed by atoms with E-state index in [4.69, 9.17) is 23.2 Å². The molecule has 1 aliphatic carbocycles. The van der Waals surface area contributed by atoms with E-state index in [9.17, 15) is 5.11 Å². The predicted octanol–water partition coefficient (Wildman–Crippen LogP) is 4.94. The molecule has 0 bridgehead atoms. The fourth-order valence-corrected chi connectivity index (χ4v) is 3.44. The lowest BCUT2D eigenvalue weighted by Gasteiger charge is -2.20. The largest absolute Gasteiger partial charge is 0.505 e. The minimum absolute atomic E-state index is 0.0521. The number of benzene rings is 1. The van der Waals surface area contributed by atoms with E-state index in [0.717, 1.165) is 12.1 Å². The Balaban J connectivity index is 2.15. The van der Waals surface area contributed by atoms with E-state index in [2.05, 4.69) is 26.1 Å². The van der Waals surface area contributed by atoms with Crippen molar-refractivity contribution in [2.75, 3.05) is 5.32 Å². The van der Waals surface area contributed by atoms with Crippen molar-refractivity contribution in [3.05, 3.63) is 22.2 Å². The molecule has 0 aromatic heterocycles. The van der Waals surface area contributed by atoms with Crippen LogP contribution >= 0.6 is 23.2 Å². The van der Waals surface area contributed by atoms with Gasteiger partial charge in [-0.1, -0.05) is 44.0 Å². The van der Waals surface area contributed by atoms with E-state index >= 15 is 0 Å². The fraction of sp³-hybridized carbons (Fsp3) is 0.571. The highest BCUT2D eigenvalue weighted by Gasteiger charge is 2.36. The maximum atomic E-state index is 9.54. The summed E-state index contributed by atoms with van der Waals surface area (Å²) in [5.74, 6) is 0.565. The number of nitrogens with one attached hydrogen (secondary N) is 1. The molecular weight excluding hydrogens is 269 g/mol. The van der Waals surface area contributed by atoms with Gasteiger partial charge in [-0.25, -0.2) is 0 Å². The zero-order valence-electron chi connectivity index (χ0n) is 10.9. The topological polar surface area (TPSA) is 32.3 Å². The molecule has 0 radical (unpaired) electrons. The van der Waals surface area contributed by atoms with Crippen LogP contribution in [-0.4, -0.2) is 11.1 Å². The standard InChI is InChI=1S/C14H19Cl2NO/c1-8-6-14(2,3)7-12(8)17-9-4-10(15)13(18)11(16)5-9/h4-5,8,12,17-18H,6-7H2,1-3H3. The molecule has 1 aliphatic rings. The van der Waals surface area contributed by atoms with Gasteiger partial charge in [-0.15, -0.1) is 0 Å². The van der Waals surface area contributed by atoms with E-state index in [-0.39, 0.29) is 15.8 Å². The molecule has 0 amide bonds. The van der Waals surface area contributed by atoms with Crippen molar-refractivity contribution < 1.29 is 5.11 Å². The zero-order chi connectivity index (χ0) is 13.5. The summed E-state index contributed by atoms with van der Waals surface area (Å²) in [6.45, 7) is 6.85. The molecule has 2 rings (SSSR count). The number of phenols is 1. The molecular formula is C14H19Cl2NO. The second-order valence-electron chi connectivity index (χ2n) is 6.09. The molecule has 1 fully saturated rings. The number of hydrogen-bond donors (Lipinski definition) is 2. The van der Waals surface area contributed by atoms with Crippen LogP contribution in [0.4, 0.5) is 5.69 Å². The van der Waals surface area contributed by atoms with Gasteiger partial charge < -0.3 is 10.4 Å². The highest BCUT2D eigenvalue weighted by molar-refractivity contribution is 6.37. The lowest BCUT2D eigenvalue weighted by atomic mass is 9.91. The van der Waals surface area contributed by atoms with Crippen LogP contribution in [0.5, 0.6) is 5.75 Å². The Labute approximate surface area is 118 Å². The highest BCUT2D eigenvalue weighted by Crippen LogP contribution is 2.43. The average molecular weight is 288 g/mol. The van der Waals surface area contributed by atoms with E-state index in [1.54, 1.807) is 12.1 Å². The van der Waals surface area contributed by atoms with Gasteiger partial charge in [0.25, 0.3) is 0 Å². The molecule has 2 N–H and O–H groups in total. The summed E-state index contributed by atoms with van der Waals surface area (Å²) in [4.78, 5) is 0.